The summed E-state index contributed by atoms with van der Waals surface area (Å²) in [5.41, 5.74) is -0.186. The van der Waals surface area contributed by atoms with Gasteiger partial charge in [-0.25, -0.2) is 0 Å². The number of halogens is 3. The zero-order chi connectivity index (χ0) is 14.3. The first-order valence-corrected chi connectivity index (χ1v) is 7.20. The van der Waals surface area contributed by atoms with Crippen LogP contribution >= 0.6 is 0 Å². The Labute approximate surface area is 113 Å². The van der Waals surface area contributed by atoms with Crippen LogP contribution in [0.4, 0.5) is 13.2 Å². The van der Waals surface area contributed by atoms with Crippen molar-refractivity contribution in [3.8, 4) is 0 Å². The lowest BCUT2D eigenvalue weighted by Crippen LogP contribution is -2.56. The number of alkyl halides is 3. The molecule has 112 valence electrons. The van der Waals surface area contributed by atoms with Crippen LogP contribution in [0.2, 0.25) is 0 Å². The Hall–Kier alpha value is -0.290. The summed E-state index contributed by atoms with van der Waals surface area (Å²) in [4.78, 5) is 1.88. The van der Waals surface area contributed by atoms with Gasteiger partial charge in [0, 0.05) is 12.6 Å². The van der Waals surface area contributed by atoms with Gasteiger partial charge in [-0.1, -0.05) is 20.3 Å². The molecule has 1 aliphatic heterocycles. The Morgan fingerprint density at radius 1 is 1.16 bits per heavy atom. The molecule has 5 heteroatoms. The number of hydrogen-bond donors (Lipinski definition) is 1. The van der Waals surface area contributed by atoms with Gasteiger partial charge in [0.05, 0.1) is 12.0 Å². The smallest absolute Gasteiger partial charge is 0.391 e. The van der Waals surface area contributed by atoms with E-state index in [4.69, 9.17) is 0 Å². The number of hydrogen-bond acceptors (Lipinski definition) is 2. The molecule has 1 N–H and O–H groups in total. The minimum Gasteiger partial charge on any atom is -0.391 e. The summed E-state index contributed by atoms with van der Waals surface area (Å²) in [7, 11) is 0. The van der Waals surface area contributed by atoms with Gasteiger partial charge in [-0.3, -0.25) is 4.90 Å². The molecule has 3 atom stereocenters. The van der Waals surface area contributed by atoms with Gasteiger partial charge in [0.15, 0.2) is 0 Å². The number of likely N-dealkylation sites (tertiary alicyclic amines) is 1. The first kappa shape index (κ1) is 15.1. The van der Waals surface area contributed by atoms with E-state index in [1.54, 1.807) is 0 Å². The molecule has 0 aromatic carbocycles. The zero-order valence-corrected chi connectivity index (χ0v) is 11.7. The summed E-state index contributed by atoms with van der Waals surface area (Å²) in [6, 6.07) is -0.103. The summed E-state index contributed by atoms with van der Waals surface area (Å²) < 4.78 is 38.5. The van der Waals surface area contributed by atoms with E-state index in [1.807, 2.05) is 18.7 Å². The molecule has 2 rings (SSSR count). The number of aliphatic hydroxyl groups excluding tert-OH is 1. The van der Waals surface area contributed by atoms with Crippen molar-refractivity contribution in [2.45, 2.75) is 64.3 Å². The monoisotopic (exact) mass is 279 g/mol. The van der Waals surface area contributed by atoms with Crippen LogP contribution in [0.25, 0.3) is 0 Å². The normalized spacial score (nSPS) is 37.3. The van der Waals surface area contributed by atoms with E-state index in [-0.39, 0.29) is 24.4 Å². The molecule has 1 heterocycles. The van der Waals surface area contributed by atoms with Crippen LogP contribution in [0.1, 0.15) is 46.0 Å². The maximum atomic E-state index is 12.8. The summed E-state index contributed by atoms with van der Waals surface area (Å²) in [6.45, 7) is 4.76. The van der Waals surface area contributed by atoms with Crippen molar-refractivity contribution in [3.05, 3.63) is 0 Å². The topological polar surface area (TPSA) is 23.5 Å². The third-order valence-corrected chi connectivity index (χ3v) is 4.87. The summed E-state index contributed by atoms with van der Waals surface area (Å²) in [5, 5.41) is 10.4. The van der Waals surface area contributed by atoms with Crippen molar-refractivity contribution < 1.29 is 18.3 Å². The Balaban J connectivity index is 2.05. The highest BCUT2D eigenvalue weighted by atomic mass is 19.4. The van der Waals surface area contributed by atoms with Gasteiger partial charge in [0.1, 0.15) is 0 Å². The van der Waals surface area contributed by atoms with Crippen LogP contribution < -0.4 is 0 Å². The minimum atomic E-state index is -4.10. The van der Waals surface area contributed by atoms with E-state index >= 15 is 0 Å². The second-order valence-electron chi connectivity index (χ2n) is 6.77. The lowest BCUT2D eigenvalue weighted by Gasteiger charge is -2.48. The average Bonchev–Trinajstić information content (AvgIpc) is 2.32. The molecule has 19 heavy (non-hydrogen) atoms. The molecule has 1 saturated heterocycles. The Morgan fingerprint density at radius 3 is 2.47 bits per heavy atom. The molecule has 2 fully saturated rings. The van der Waals surface area contributed by atoms with Crippen LogP contribution in [0, 0.1) is 11.3 Å². The fourth-order valence-corrected chi connectivity index (χ4v) is 3.55. The number of rotatable bonds is 1. The second kappa shape index (κ2) is 5.24. The molecular weight excluding hydrogens is 255 g/mol. The first-order valence-electron chi connectivity index (χ1n) is 7.20. The summed E-state index contributed by atoms with van der Waals surface area (Å²) in [6.07, 6.45) is -1.07. The average molecular weight is 279 g/mol. The Morgan fingerprint density at radius 2 is 1.84 bits per heavy atom. The Kier molecular flexibility index (Phi) is 4.17. The number of aliphatic hydroxyl groups is 1. The summed E-state index contributed by atoms with van der Waals surface area (Å²) >= 11 is 0. The van der Waals surface area contributed by atoms with Crippen LogP contribution in [0.3, 0.4) is 0 Å². The molecule has 0 amide bonds. The van der Waals surface area contributed by atoms with Gasteiger partial charge < -0.3 is 5.11 Å². The van der Waals surface area contributed by atoms with Crippen molar-refractivity contribution in [1.29, 1.82) is 0 Å². The predicted molar refractivity (Wildman–Crippen MR) is 67.8 cm³/mol. The third-order valence-electron chi connectivity index (χ3n) is 4.87. The number of nitrogens with zero attached hydrogens (tertiary/aromatic N) is 1. The van der Waals surface area contributed by atoms with E-state index in [0.717, 1.165) is 19.3 Å². The second-order valence-corrected chi connectivity index (χ2v) is 6.77. The molecule has 3 unspecified atom stereocenters. The molecule has 0 aromatic heterocycles. The Bertz CT molecular complexity index is 316. The lowest BCUT2D eigenvalue weighted by atomic mass is 9.71. The van der Waals surface area contributed by atoms with E-state index in [1.165, 1.54) is 0 Å². The van der Waals surface area contributed by atoms with E-state index in [2.05, 4.69) is 0 Å². The zero-order valence-electron chi connectivity index (χ0n) is 11.7. The molecular formula is C14H24F3NO. The van der Waals surface area contributed by atoms with Crippen molar-refractivity contribution in [2.24, 2.45) is 11.3 Å². The quantitative estimate of drug-likeness (QED) is 0.797. The number of piperidine rings is 1. The molecule has 2 aliphatic rings. The predicted octanol–water partition coefficient (Wildman–Crippen LogP) is 3.20. The van der Waals surface area contributed by atoms with Crippen molar-refractivity contribution in [1.82, 2.24) is 4.90 Å². The van der Waals surface area contributed by atoms with Crippen molar-refractivity contribution in [2.75, 3.05) is 13.1 Å². The maximum Gasteiger partial charge on any atom is 0.393 e. The highest BCUT2D eigenvalue weighted by Gasteiger charge is 2.46. The van der Waals surface area contributed by atoms with Crippen LogP contribution in [0.15, 0.2) is 0 Å². The molecule has 0 aromatic rings. The van der Waals surface area contributed by atoms with Gasteiger partial charge in [-0.2, -0.15) is 13.2 Å². The molecule has 0 bridgehead atoms. The van der Waals surface area contributed by atoms with Crippen molar-refractivity contribution >= 4 is 0 Å². The summed E-state index contributed by atoms with van der Waals surface area (Å²) in [5.74, 6) is -1.22. The van der Waals surface area contributed by atoms with Gasteiger partial charge >= 0.3 is 6.18 Å². The van der Waals surface area contributed by atoms with Crippen LogP contribution in [-0.4, -0.2) is 41.4 Å². The van der Waals surface area contributed by atoms with Gasteiger partial charge in [0.2, 0.25) is 0 Å². The standard InChI is InChI=1S/C14H24F3NO/c1-13(2)7-3-6-11(12(13)19)18-8-4-5-10(9-18)14(15,16)17/h10-12,19H,3-9H2,1-2H3. The van der Waals surface area contributed by atoms with Gasteiger partial charge in [-0.15, -0.1) is 0 Å². The van der Waals surface area contributed by atoms with Crippen LogP contribution in [0.5, 0.6) is 0 Å². The third kappa shape index (κ3) is 3.24. The molecule has 0 spiro atoms. The lowest BCUT2D eigenvalue weighted by molar-refractivity contribution is -0.193. The SMILES string of the molecule is CC1(C)CCCC(N2CCCC(C(F)(F)F)C2)C1O. The molecule has 1 aliphatic carbocycles. The molecule has 0 radical (unpaired) electrons. The molecule has 2 nitrogen and oxygen atoms in total. The first-order chi connectivity index (χ1) is 8.72. The minimum absolute atomic E-state index is 0.0569. The van der Waals surface area contributed by atoms with E-state index < -0.39 is 18.2 Å². The highest BCUT2D eigenvalue weighted by molar-refractivity contribution is 4.95. The fraction of sp³-hybridized carbons (Fsp3) is 1.00. The molecule has 1 saturated carbocycles. The van der Waals surface area contributed by atoms with E-state index in [9.17, 15) is 18.3 Å². The van der Waals surface area contributed by atoms with Crippen molar-refractivity contribution in [3.63, 3.8) is 0 Å². The van der Waals surface area contributed by atoms with Crippen LogP contribution in [-0.2, 0) is 0 Å². The van der Waals surface area contributed by atoms with Gasteiger partial charge in [0.25, 0.3) is 0 Å². The fourth-order valence-electron chi connectivity index (χ4n) is 3.55. The van der Waals surface area contributed by atoms with Gasteiger partial charge in [-0.05, 0) is 37.6 Å². The highest BCUT2D eigenvalue weighted by Crippen LogP contribution is 2.40. The van der Waals surface area contributed by atoms with E-state index in [0.29, 0.717) is 13.0 Å². The largest absolute Gasteiger partial charge is 0.393 e. The maximum absolute atomic E-state index is 12.8.